The summed E-state index contributed by atoms with van der Waals surface area (Å²) in [6.07, 6.45) is 3.91. The normalized spacial score (nSPS) is 10.8. The van der Waals surface area contributed by atoms with E-state index < -0.39 is 0 Å². The molecule has 22 heavy (non-hydrogen) atoms. The van der Waals surface area contributed by atoms with Crippen molar-refractivity contribution in [3.63, 3.8) is 0 Å². The molecular weight excluding hydrogens is 294 g/mol. The summed E-state index contributed by atoms with van der Waals surface area (Å²) in [5.41, 5.74) is 2.29. The molecule has 1 N–H and O–H groups in total. The van der Waals surface area contributed by atoms with Crippen LogP contribution in [0.3, 0.4) is 0 Å². The largest absolute Gasteiger partial charge is 0.465 e. The molecule has 0 aliphatic heterocycles. The maximum atomic E-state index is 11.5. The van der Waals surface area contributed by atoms with Gasteiger partial charge in [-0.2, -0.15) is 0 Å². The van der Waals surface area contributed by atoms with Gasteiger partial charge in [-0.15, -0.1) is 11.8 Å². The fourth-order valence-corrected chi connectivity index (χ4v) is 3.31. The van der Waals surface area contributed by atoms with Crippen LogP contribution < -0.4 is 0 Å². The van der Waals surface area contributed by atoms with Gasteiger partial charge >= 0.3 is 5.97 Å². The zero-order chi connectivity index (χ0) is 15.4. The van der Waals surface area contributed by atoms with Gasteiger partial charge in [0.15, 0.2) is 0 Å². The van der Waals surface area contributed by atoms with E-state index >= 15 is 0 Å². The number of fused-ring (bicyclic) bond motifs is 1. The number of thioether (sulfide) groups is 1. The van der Waals surface area contributed by atoms with Crippen LogP contribution in [-0.4, -0.2) is 23.3 Å². The van der Waals surface area contributed by atoms with Gasteiger partial charge in [0.05, 0.1) is 12.4 Å². The minimum absolute atomic E-state index is 0.183. The highest BCUT2D eigenvalue weighted by Crippen LogP contribution is 2.35. The lowest BCUT2D eigenvalue weighted by Gasteiger charge is -2.08. The van der Waals surface area contributed by atoms with Crippen LogP contribution >= 0.6 is 11.8 Å². The average Bonchev–Trinajstić information content (AvgIpc) is 3.01. The number of carbonyl (C=O) groups is 1. The minimum Gasteiger partial charge on any atom is -0.465 e. The van der Waals surface area contributed by atoms with Crippen LogP contribution in [0, 0.1) is 0 Å². The van der Waals surface area contributed by atoms with Crippen LogP contribution in [0.1, 0.15) is 6.92 Å². The molecule has 0 aliphatic carbocycles. The lowest BCUT2D eigenvalue weighted by Crippen LogP contribution is -2.06. The third-order valence-corrected chi connectivity index (χ3v) is 4.47. The van der Waals surface area contributed by atoms with E-state index in [4.69, 9.17) is 4.74 Å². The van der Waals surface area contributed by atoms with E-state index in [1.54, 1.807) is 0 Å². The number of esters is 1. The highest BCUT2D eigenvalue weighted by molar-refractivity contribution is 8.00. The summed E-state index contributed by atoms with van der Waals surface area (Å²) >= 11 is 1.50. The number of benzene rings is 2. The van der Waals surface area contributed by atoms with Gasteiger partial charge in [0.2, 0.25) is 0 Å². The molecule has 3 rings (SSSR count). The summed E-state index contributed by atoms with van der Waals surface area (Å²) < 4.78 is 4.99. The fourth-order valence-electron chi connectivity index (χ4n) is 2.48. The molecule has 1 aromatic heterocycles. The topological polar surface area (TPSA) is 42.1 Å². The van der Waals surface area contributed by atoms with Gasteiger partial charge < -0.3 is 9.72 Å². The summed E-state index contributed by atoms with van der Waals surface area (Å²) in [6.45, 7) is 2.24. The Kier molecular flexibility index (Phi) is 4.49. The molecule has 0 unspecified atom stereocenters. The van der Waals surface area contributed by atoms with Crippen LogP contribution in [0.15, 0.2) is 59.8 Å². The van der Waals surface area contributed by atoms with Crippen LogP contribution in [0.2, 0.25) is 0 Å². The highest BCUT2D eigenvalue weighted by atomic mass is 32.2. The van der Waals surface area contributed by atoms with Gasteiger partial charge in [-0.3, -0.25) is 4.79 Å². The second kappa shape index (κ2) is 6.71. The van der Waals surface area contributed by atoms with E-state index in [-0.39, 0.29) is 5.97 Å². The molecule has 1 heterocycles. The first-order valence-electron chi connectivity index (χ1n) is 7.23. The molecule has 0 amide bonds. The van der Waals surface area contributed by atoms with Gasteiger partial charge in [0.1, 0.15) is 0 Å². The molecule has 2 aromatic carbocycles. The summed E-state index contributed by atoms with van der Waals surface area (Å²) in [6, 6.07) is 14.6. The fraction of sp³-hybridized carbons (Fsp3) is 0.167. The quantitative estimate of drug-likeness (QED) is 0.557. The van der Waals surface area contributed by atoms with E-state index in [1.807, 2.05) is 31.5 Å². The van der Waals surface area contributed by atoms with E-state index in [0.717, 1.165) is 10.5 Å². The van der Waals surface area contributed by atoms with E-state index in [9.17, 15) is 4.79 Å². The monoisotopic (exact) mass is 311 g/mol. The van der Waals surface area contributed by atoms with Gasteiger partial charge in [-0.1, -0.05) is 42.5 Å². The number of rotatable bonds is 5. The van der Waals surface area contributed by atoms with Crippen LogP contribution in [0.4, 0.5) is 0 Å². The molecule has 0 bridgehead atoms. The molecule has 0 saturated carbocycles. The summed E-state index contributed by atoms with van der Waals surface area (Å²) in [5.74, 6) is 0.140. The Hall–Kier alpha value is -2.20. The lowest BCUT2D eigenvalue weighted by molar-refractivity contribution is -0.139. The van der Waals surface area contributed by atoms with Crippen LogP contribution in [0.25, 0.3) is 21.9 Å². The number of carbonyl (C=O) groups excluding carboxylic acids is 1. The molecule has 0 atom stereocenters. The molecule has 112 valence electrons. The van der Waals surface area contributed by atoms with Crippen LogP contribution in [0.5, 0.6) is 0 Å². The number of aromatic nitrogens is 1. The minimum atomic E-state index is -0.183. The van der Waals surface area contributed by atoms with Gasteiger partial charge in [0, 0.05) is 22.9 Å². The maximum Gasteiger partial charge on any atom is 0.316 e. The number of ether oxygens (including phenoxy) is 1. The van der Waals surface area contributed by atoms with Crippen molar-refractivity contribution in [1.82, 2.24) is 4.98 Å². The van der Waals surface area contributed by atoms with Crippen molar-refractivity contribution < 1.29 is 9.53 Å². The van der Waals surface area contributed by atoms with Gasteiger partial charge in [-0.05, 0) is 23.3 Å². The third-order valence-electron chi connectivity index (χ3n) is 3.44. The predicted molar refractivity (Wildman–Crippen MR) is 91.1 cm³/mol. The highest BCUT2D eigenvalue weighted by Gasteiger charge is 2.12. The average molecular weight is 311 g/mol. The number of H-pyrrole nitrogens is 1. The number of nitrogens with one attached hydrogen (secondary N) is 1. The van der Waals surface area contributed by atoms with Gasteiger partial charge in [0.25, 0.3) is 0 Å². The lowest BCUT2D eigenvalue weighted by atomic mass is 10.0. The number of aromatic amines is 1. The smallest absolute Gasteiger partial charge is 0.316 e. The Balaban J connectivity index is 1.92. The molecule has 4 heteroatoms. The summed E-state index contributed by atoms with van der Waals surface area (Å²) in [7, 11) is 0. The molecule has 0 spiro atoms. The third kappa shape index (κ3) is 3.02. The maximum absolute atomic E-state index is 11.5. The van der Waals surface area contributed by atoms with E-state index in [2.05, 4.69) is 35.3 Å². The zero-order valence-corrected chi connectivity index (χ0v) is 13.2. The van der Waals surface area contributed by atoms with Crippen molar-refractivity contribution in [2.45, 2.75) is 11.8 Å². The molecule has 0 radical (unpaired) electrons. The molecule has 0 fully saturated rings. The van der Waals surface area contributed by atoms with Gasteiger partial charge in [-0.25, -0.2) is 0 Å². The first kappa shape index (κ1) is 14.7. The molecule has 0 saturated heterocycles. The second-order valence-electron chi connectivity index (χ2n) is 4.85. The summed E-state index contributed by atoms with van der Waals surface area (Å²) in [5, 5.41) is 2.42. The zero-order valence-electron chi connectivity index (χ0n) is 12.3. The van der Waals surface area contributed by atoms with Crippen molar-refractivity contribution in [2.24, 2.45) is 0 Å². The second-order valence-corrected chi connectivity index (χ2v) is 5.87. The molecule has 3 aromatic rings. The van der Waals surface area contributed by atoms with E-state index in [0.29, 0.717) is 12.4 Å². The first-order chi connectivity index (χ1) is 10.8. The number of hydrogen-bond acceptors (Lipinski definition) is 3. The van der Waals surface area contributed by atoms with Crippen molar-refractivity contribution in [3.05, 3.63) is 54.9 Å². The Morgan fingerprint density at radius 2 is 1.91 bits per heavy atom. The van der Waals surface area contributed by atoms with Crippen molar-refractivity contribution in [1.29, 1.82) is 0 Å². The Morgan fingerprint density at radius 1 is 1.09 bits per heavy atom. The predicted octanol–water partition coefficient (Wildman–Crippen LogP) is 4.49. The molecular formula is C18H17NO2S. The Labute approximate surface area is 133 Å². The van der Waals surface area contributed by atoms with Crippen LogP contribution in [-0.2, 0) is 9.53 Å². The molecule has 0 aliphatic rings. The van der Waals surface area contributed by atoms with E-state index in [1.165, 1.54) is 28.1 Å². The Bertz CT molecular complexity index is 789. The summed E-state index contributed by atoms with van der Waals surface area (Å²) in [4.78, 5) is 15.7. The van der Waals surface area contributed by atoms with Crippen molar-refractivity contribution >= 4 is 28.5 Å². The number of hydrogen-bond donors (Lipinski definition) is 1. The standard InChI is InChI=1S/C18H17NO2S/c1-2-21-18(20)12-22-17-11-19-10-16(17)15-9-5-7-13-6-3-4-8-14(13)15/h3-11,19H,2,12H2,1H3. The van der Waals surface area contributed by atoms with Crippen molar-refractivity contribution in [3.8, 4) is 11.1 Å². The first-order valence-corrected chi connectivity index (χ1v) is 8.21. The SMILES string of the molecule is CCOC(=O)CSc1c[nH]cc1-c1cccc2ccccc12. The molecule has 3 nitrogen and oxygen atoms in total. The Morgan fingerprint density at radius 3 is 2.77 bits per heavy atom. The van der Waals surface area contributed by atoms with Crippen molar-refractivity contribution in [2.75, 3.05) is 12.4 Å².